The van der Waals surface area contributed by atoms with Gasteiger partial charge in [-0.2, -0.15) is 0 Å². The lowest BCUT2D eigenvalue weighted by Crippen LogP contribution is -2.05. The standard InChI is InChI=1S/C16H21N3/c1-6-14-12(5)15(17)19-16(18-14)13-8-10(3)9(2)7-11(13)4/h7-8H,6H2,1-5H3,(H2,17,18,19). The summed E-state index contributed by atoms with van der Waals surface area (Å²) in [6, 6.07) is 4.32. The maximum absolute atomic E-state index is 6.00. The van der Waals surface area contributed by atoms with Gasteiger partial charge in [0.05, 0.1) is 0 Å². The number of hydrogen-bond donors (Lipinski definition) is 1. The van der Waals surface area contributed by atoms with E-state index in [1.54, 1.807) is 0 Å². The van der Waals surface area contributed by atoms with Crippen LogP contribution in [0.5, 0.6) is 0 Å². The molecule has 0 atom stereocenters. The number of benzene rings is 1. The highest BCUT2D eigenvalue weighted by Crippen LogP contribution is 2.26. The minimum atomic E-state index is 0.583. The van der Waals surface area contributed by atoms with Gasteiger partial charge in [-0.1, -0.05) is 13.0 Å². The highest BCUT2D eigenvalue weighted by Gasteiger charge is 2.12. The zero-order valence-corrected chi connectivity index (χ0v) is 12.3. The lowest BCUT2D eigenvalue weighted by Gasteiger charge is -2.12. The monoisotopic (exact) mass is 255 g/mol. The summed E-state index contributed by atoms with van der Waals surface area (Å²) in [6.45, 7) is 10.4. The average molecular weight is 255 g/mol. The number of anilines is 1. The molecule has 100 valence electrons. The van der Waals surface area contributed by atoms with E-state index in [-0.39, 0.29) is 0 Å². The smallest absolute Gasteiger partial charge is 0.162 e. The first-order chi connectivity index (χ1) is 8.93. The van der Waals surface area contributed by atoms with Crippen molar-refractivity contribution in [1.29, 1.82) is 0 Å². The van der Waals surface area contributed by atoms with E-state index in [4.69, 9.17) is 5.73 Å². The van der Waals surface area contributed by atoms with Gasteiger partial charge in [0.2, 0.25) is 0 Å². The summed E-state index contributed by atoms with van der Waals surface area (Å²) in [5.41, 5.74) is 12.8. The Bertz CT molecular complexity index is 630. The van der Waals surface area contributed by atoms with Crippen LogP contribution in [-0.2, 0) is 6.42 Å². The topological polar surface area (TPSA) is 51.8 Å². The molecular formula is C16H21N3. The van der Waals surface area contributed by atoms with Crippen LogP contribution in [0.15, 0.2) is 12.1 Å². The maximum atomic E-state index is 6.00. The van der Waals surface area contributed by atoms with Crippen molar-refractivity contribution in [1.82, 2.24) is 9.97 Å². The van der Waals surface area contributed by atoms with Gasteiger partial charge in [-0.3, -0.25) is 0 Å². The molecule has 0 radical (unpaired) electrons. The quantitative estimate of drug-likeness (QED) is 0.893. The van der Waals surface area contributed by atoms with Crippen molar-refractivity contribution in [2.24, 2.45) is 0 Å². The Balaban J connectivity index is 2.65. The molecule has 0 fully saturated rings. The van der Waals surface area contributed by atoms with Gasteiger partial charge in [0.15, 0.2) is 5.82 Å². The molecule has 0 amide bonds. The minimum absolute atomic E-state index is 0.583. The van der Waals surface area contributed by atoms with E-state index in [1.165, 1.54) is 16.7 Å². The molecule has 1 aromatic heterocycles. The first-order valence-electron chi connectivity index (χ1n) is 6.65. The molecule has 1 aromatic carbocycles. The third-order valence-corrected chi connectivity index (χ3v) is 3.70. The predicted molar refractivity (Wildman–Crippen MR) is 80.2 cm³/mol. The number of hydrogen-bond acceptors (Lipinski definition) is 3. The summed E-state index contributed by atoms with van der Waals surface area (Å²) in [7, 11) is 0. The summed E-state index contributed by atoms with van der Waals surface area (Å²) in [6.07, 6.45) is 0.870. The Labute approximate surface area is 114 Å². The van der Waals surface area contributed by atoms with Gasteiger partial charge >= 0.3 is 0 Å². The van der Waals surface area contributed by atoms with E-state index in [0.29, 0.717) is 5.82 Å². The highest BCUT2D eigenvalue weighted by molar-refractivity contribution is 5.64. The van der Waals surface area contributed by atoms with Crippen LogP contribution in [0.25, 0.3) is 11.4 Å². The summed E-state index contributed by atoms with van der Waals surface area (Å²) in [4.78, 5) is 9.11. The molecule has 0 spiro atoms. The largest absolute Gasteiger partial charge is 0.383 e. The number of aryl methyl sites for hydroxylation is 4. The van der Waals surface area contributed by atoms with Gasteiger partial charge in [-0.15, -0.1) is 0 Å². The van der Waals surface area contributed by atoms with E-state index >= 15 is 0 Å². The molecule has 2 aromatic rings. The van der Waals surface area contributed by atoms with Crippen LogP contribution in [0.4, 0.5) is 5.82 Å². The summed E-state index contributed by atoms with van der Waals surface area (Å²) in [5, 5.41) is 0. The zero-order chi connectivity index (χ0) is 14.2. The fourth-order valence-corrected chi connectivity index (χ4v) is 2.25. The summed E-state index contributed by atoms with van der Waals surface area (Å²) in [5.74, 6) is 1.32. The molecular weight excluding hydrogens is 234 g/mol. The number of nitrogen functional groups attached to an aromatic ring is 1. The average Bonchev–Trinajstić information content (AvgIpc) is 2.37. The molecule has 2 rings (SSSR count). The molecule has 1 heterocycles. The third kappa shape index (κ3) is 2.46. The van der Waals surface area contributed by atoms with Crippen molar-refractivity contribution >= 4 is 5.82 Å². The Morgan fingerprint density at radius 3 is 2.21 bits per heavy atom. The normalized spacial score (nSPS) is 10.8. The molecule has 3 nitrogen and oxygen atoms in total. The number of nitrogens with two attached hydrogens (primary N) is 1. The van der Waals surface area contributed by atoms with E-state index < -0.39 is 0 Å². The van der Waals surface area contributed by atoms with Crippen LogP contribution in [0.3, 0.4) is 0 Å². The van der Waals surface area contributed by atoms with Crippen LogP contribution < -0.4 is 5.73 Å². The van der Waals surface area contributed by atoms with Crippen molar-refractivity contribution in [2.45, 2.75) is 41.0 Å². The molecule has 0 aliphatic rings. The van der Waals surface area contributed by atoms with Crippen molar-refractivity contribution < 1.29 is 0 Å². The Hall–Kier alpha value is -1.90. The van der Waals surface area contributed by atoms with Crippen LogP contribution in [0, 0.1) is 27.7 Å². The Morgan fingerprint density at radius 1 is 0.947 bits per heavy atom. The second-order valence-corrected chi connectivity index (χ2v) is 5.11. The van der Waals surface area contributed by atoms with Crippen LogP contribution >= 0.6 is 0 Å². The second kappa shape index (κ2) is 5.00. The Kier molecular flexibility index (Phi) is 3.56. The van der Waals surface area contributed by atoms with Crippen LogP contribution in [0.1, 0.15) is 34.9 Å². The van der Waals surface area contributed by atoms with Crippen LogP contribution in [0.2, 0.25) is 0 Å². The van der Waals surface area contributed by atoms with Crippen molar-refractivity contribution in [2.75, 3.05) is 5.73 Å². The van der Waals surface area contributed by atoms with E-state index in [0.717, 1.165) is 29.1 Å². The van der Waals surface area contributed by atoms with Gasteiger partial charge in [0.1, 0.15) is 5.82 Å². The van der Waals surface area contributed by atoms with Crippen molar-refractivity contribution in [3.8, 4) is 11.4 Å². The number of aromatic nitrogens is 2. The first-order valence-corrected chi connectivity index (χ1v) is 6.65. The third-order valence-electron chi connectivity index (χ3n) is 3.70. The first kappa shape index (κ1) is 13.5. The Morgan fingerprint density at radius 2 is 1.58 bits per heavy atom. The molecule has 19 heavy (non-hydrogen) atoms. The predicted octanol–water partition coefficient (Wildman–Crippen LogP) is 3.52. The second-order valence-electron chi connectivity index (χ2n) is 5.11. The van der Waals surface area contributed by atoms with E-state index in [1.807, 2.05) is 6.92 Å². The van der Waals surface area contributed by atoms with E-state index in [9.17, 15) is 0 Å². The maximum Gasteiger partial charge on any atom is 0.162 e. The van der Waals surface area contributed by atoms with Gasteiger partial charge in [0.25, 0.3) is 0 Å². The lowest BCUT2D eigenvalue weighted by molar-refractivity contribution is 0.980. The summed E-state index contributed by atoms with van der Waals surface area (Å²) >= 11 is 0. The fraction of sp³-hybridized carbons (Fsp3) is 0.375. The number of rotatable bonds is 2. The van der Waals surface area contributed by atoms with Gasteiger partial charge < -0.3 is 5.73 Å². The summed E-state index contributed by atoms with van der Waals surface area (Å²) < 4.78 is 0. The van der Waals surface area contributed by atoms with Crippen molar-refractivity contribution in [3.63, 3.8) is 0 Å². The van der Waals surface area contributed by atoms with Gasteiger partial charge in [-0.25, -0.2) is 9.97 Å². The van der Waals surface area contributed by atoms with Crippen LogP contribution in [-0.4, -0.2) is 9.97 Å². The van der Waals surface area contributed by atoms with E-state index in [2.05, 4.69) is 49.8 Å². The lowest BCUT2D eigenvalue weighted by atomic mass is 10.00. The molecule has 0 saturated carbocycles. The molecule has 0 unspecified atom stereocenters. The number of nitrogens with zero attached hydrogens (tertiary/aromatic N) is 2. The van der Waals surface area contributed by atoms with Gasteiger partial charge in [0, 0.05) is 16.8 Å². The molecule has 0 aliphatic heterocycles. The highest BCUT2D eigenvalue weighted by atomic mass is 15.0. The van der Waals surface area contributed by atoms with Gasteiger partial charge in [-0.05, 0) is 56.9 Å². The zero-order valence-electron chi connectivity index (χ0n) is 12.3. The molecule has 0 bridgehead atoms. The van der Waals surface area contributed by atoms with Crippen molar-refractivity contribution in [3.05, 3.63) is 40.1 Å². The molecule has 3 heteroatoms. The molecule has 0 aliphatic carbocycles. The molecule has 0 saturated heterocycles. The fourth-order valence-electron chi connectivity index (χ4n) is 2.25. The molecule has 2 N–H and O–H groups in total. The SMILES string of the molecule is CCc1nc(-c2cc(C)c(C)cc2C)nc(N)c1C. The minimum Gasteiger partial charge on any atom is -0.383 e.